The van der Waals surface area contributed by atoms with Crippen molar-refractivity contribution in [3.8, 4) is 0 Å². The maximum Gasteiger partial charge on any atom is 0.306 e. The molecule has 1 saturated carbocycles. The zero-order valence-corrected chi connectivity index (χ0v) is 22.6. The van der Waals surface area contributed by atoms with E-state index in [0.717, 1.165) is 11.1 Å². The van der Waals surface area contributed by atoms with Crippen molar-refractivity contribution in [1.29, 1.82) is 0 Å². The Hall–Kier alpha value is -4.20. The minimum atomic E-state index is -1.26. The number of Topliss-reactive ketones (excluding diaryl/α,β-unsaturated/α-hetero) is 2. The third kappa shape index (κ3) is 3.02. The standard InChI is InChI=1S/C34H28O8/c35-21-14-22(16-7-3-1-4-8-16)40-33-28(21)19-12-26(37)42-32(19)29-18-11-25-34(30(29)33,20-13-27(38)41-31(18)20)24(36)15-23(39-25)17-9-5-2-6-10-17/h1-11,18-20,22-23,29-32H,12-15H2/t18-,19-,20+,22+,23+,29-,30+,31-,32+,34+/m1/s1. The molecule has 10 rings (SSSR count). The first-order valence-corrected chi connectivity index (χ1v) is 14.8. The quantitative estimate of drug-likeness (QED) is 0.497. The highest BCUT2D eigenvalue weighted by molar-refractivity contribution is 6.00. The van der Waals surface area contributed by atoms with Crippen LogP contribution in [-0.2, 0) is 38.1 Å². The summed E-state index contributed by atoms with van der Waals surface area (Å²) in [5.74, 6) is -2.11. The van der Waals surface area contributed by atoms with Crippen LogP contribution in [0.3, 0.4) is 0 Å². The van der Waals surface area contributed by atoms with E-state index in [-0.39, 0.29) is 61.0 Å². The van der Waals surface area contributed by atoms with Crippen molar-refractivity contribution in [1.82, 2.24) is 0 Å². The topological polar surface area (TPSA) is 105 Å². The SMILES string of the molecule is O=C1C[C@@H]2C3=C(O[C@H](c4ccccc4)CC3=O)[C@@H]3[C@@H]([C@H]4C=C5O[C@H](c6ccccc6)CC(=O)[C@@]53[C@H]3CC(=O)O[C@H]43)[C@H]2O1. The second-order valence-corrected chi connectivity index (χ2v) is 12.6. The number of esters is 2. The van der Waals surface area contributed by atoms with E-state index < -0.39 is 47.6 Å². The summed E-state index contributed by atoms with van der Waals surface area (Å²) in [6, 6.07) is 19.3. The molecule has 0 unspecified atom stereocenters. The zero-order chi connectivity index (χ0) is 28.3. The van der Waals surface area contributed by atoms with Crippen LogP contribution < -0.4 is 0 Å². The van der Waals surface area contributed by atoms with Gasteiger partial charge >= 0.3 is 11.9 Å². The number of ether oxygens (including phenoxy) is 4. The van der Waals surface area contributed by atoms with E-state index in [2.05, 4.69) is 0 Å². The summed E-state index contributed by atoms with van der Waals surface area (Å²) in [7, 11) is 0. The van der Waals surface area contributed by atoms with Gasteiger partial charge in [0.15, 0.2) is 11.6 Å². The van der Waals surface area contributed by atoms with E-state index in [1.54, 1.807) is 0 Å². The molecule has 2 aromatic carbocycles. The molecule has 0 amide bonds. The number of allylic oxidation sites excluding steroid dienone is 2. The van der Waals surface area contributed by atoms with E-state index in [1.165, 1.54) is 0 Å². The molecule has 3 saturated heterocycles. The first-order valence-electron chi connectivity index (χ1n) is 14.8. The Morgan fingerprint density at radius 2 is 1.31 bits per heavy atom. The van der Waals surface area contributed by atoms with E-state index in [0.29, 0.717) is 17.1 Å². The van der Waals surface area contributed by atoms with E-state index in [9.17, 15) is 19.2 Å². The number of hydrogen-bond acceptors (Lipinski definition) is 8. The molecule has 2 aromatic rings. The molecular weight excluding hydrogens is 536 g/mol. The second-order valence-electron chi connectivity index (χ2n) is 12.6. The van der Waals surface area contributed by atoms with Crippen LogP contribution >= 0.6 is 0 Å². The minimum absolute atomic E-state index is 0.0530. The molecule has 8 nitrogen and oxygen atoms in total. The van der Waals surface area contributed by atoms with E-state index >= 15 is 0 Å². The Kier molecular flexibility index (Phi) is 4.90. The maximum absolute atomic E-state index is 14.8. The average molecular weight is 565 g/mol. The van der Waals surface area contributed by atoms with Gasteiger partial charge < -0.3 is 18.9 Å². The molecule has 0 radical (unpaired) electrons. The molecule has 8 aliphatic rings. The van der Waals surface area contributed by atoms with Crippen molar-refractivity contribution in [2.45, 2.75) is 50.1 Å². The number of hydrogen-bond donors (Lipinski definition) is 0. The summed E-state index contributed by atoms with van der Waals surface area (Å²) in [5.41, 5.74) is 0.981. The molecular formula is C34H28O8. The molecule has 2 bridgehead atoms. The number of ketones is 2. The van der Waals surface area contributed by atoms with Gasteiger partial charge in [0.2, 0.25) is 0 Å². The van der Waals surface area contributed by atoms with Gasteiger partial charge in [-0.05, 0) is 17.2 Å². The van der Waals surface area contributed by atoms with Gasteiger partial charge in [-0.3, -0.25) is 19.2 Å². The molecule has 1 spiro atoms. The van der Waals surface area contributed by atoms with Crippen LogP contribution in [0.25, 0.3) is 0 Å². The highest BCUT2D eigenvalue weighted by Crippen LogP contribution is 2.71. The summed E-state index contributed by atoms with van der Waals surface area (Å²) in [6.07, 6.45) is 0.251. The first-order chi connectivity index (χ1) is 20.4. The van der Waals surface area contributed by atoms with Crippen molar-refractivity contribution in [2.75, 3.05) is 0 Å². The molecule has 8 heteroatoms. The molecule has 0 aromatic heterocycles. The van der Waals surface area contributed by atoms with E-state index in [1.807, 2.05) is 66.7 Å². The highest BCUT2D eigenvalue weighted by atomic mass is 16.6. The van der Waals surface area contributed by atoms with Crippen LogP contribution in [0.2, 0.25) is 0 Å². The van der Waals surface area contributed by atoms with Crippen LogP contribution in [0.1, 0.15) is 49.0 Å². The Morgan fingerprint density at radius 3 is 2.02 bits per heavy atom. The molecule has 4 fully saturated rings. The zero-order valence-electron chi connectivity index (χ0n) is 22.6. The van der Waals surface area contributed by atoms with Crippen molar-refractivity contribution in [3.63, 3.8) is 0 Å². The third-order valence-corrected chi connectivity index (χ3v) is 10.8. The Labute approximate surface area is 241 Å². The van der Waals surface area contributed by atoms with Gasteiger partial charge in [-0.2, -0.15) is 0 Å². The lowest BCUT2D eigenvalue weighted by Crippen LogP contribution is -2.68. The van der Waals surface area contributed by atoms with E-state index in [4.69, 9.17) is 18.9 Å². The average Bonchev–Trinajstić information content (AvgIpc) is 3.60. The van der Waals surface area contributed by atoms with Crippen LogP contribution in [-0.4, -0.2) is 35.7 Å². The predicted molar refractivity (Wildman–Crippen MR) is 144 cm³/mol. The number of benzene rings is 2. The van der Waals surface area contributed by atoms with Gasteiger partial charge in [0, 0.05) is 41.6 Å². The number of fused-ring (bicyclic) bond motifs is 2. The summed E-state index contributed by atoms with van der Waals surface area (Å²) < 4.78 is 25.4. The Morgan fingerprint density at radius 1 is 0.667 bits per heavy atom. The molecule has 4 aliphatic heterocycles. The van der Waals surface area contributed by atoms with Crippen molar-refractivity contribution in [2.24, 2.45) is 35.0 Å². The van der Waals surface area contributed by atoms with Gasteiger partial charge in [0.05, 0.1) is 19.3 Å². The monoisotopic (exact) mass is 564 g/mol. The molecule has 42 heavy (non-hydrogen) atoms. The van der Waals surface area contributed by atoms with Gasteiger partial charge in [-0.1, -0.05) is 60.7 Å². The minimum Gasteiger partial charge on any atom is -0.489 e. The fourth-order valence-corrected chi connectivity index (χ4v) is 9.35. The van der Waals surface area contributed by atoms with Gasteiger partial charge in [0.25, 0.3) is 0 Å². The van der Waals surface area contributed by atoms with Crippen LogP contribution in [0.15, 0.2) is 83.8 Å². The summed E-state index contributed by atoms with van der Waals surface area (Å²) in [6.45, 7) is 0. The predicted octanol–water partition coefficient (Wildman–Crippen LogP) is 4.33. The Balaban J connectivity index is 1.25. The van der Waals surface area contributed by atoms with Gasteiger partial charge in [-0.25, -0.2) is 0 Å². The van der Waals surface area contributed by atoms with Crippen LogP contribution in [0.4, 0.5) is 0 Å². The van der Waals surface area contributed by atoms with Crippen molar-refractivity contribution >= 4 is 23.5 Å². The van der Waals surface area contributed by atoms with Gasteiger partial charge in [-0.15, -0.1) is 0 Å². The second kappa shape index (κ2) is 8.43. The lowest BCUT2D eigenvalue weighted by atomic mass is 9.41. The number of rotatable bonds is 2. The summed E-state index contributed by atoms with van der Waals surface area (Å²) >= 11 is 0. The molecule has 212 valence electrons. The van der Waals surface area contributed by atoms with Gasteiger partial charge in [0.1, 0.15) is 41.3 Å². The molecule has 4 heterocycles. The lowest BCUT2D eigenvalue weighted by Gasteiger charge is -2.63. The summed E-state index contributed by atoms with van der Waals surface area (Å²) in [5, 5.41) is 0. The lowest BCUT2D eigenvalue weighted by molar-refractivity contribution is -0.198. The highest BCUT2D eigenvalue weighted by Gasteiger charge is 2.77. The number of carbonyl (C=O) groups is 4. The Bertz CT molecular complexity index is 1630. The summed E-state index contributed by atoms with van der Waals surface area (Å²) in [4.78, 5) is 54.4. The fraction of sp³-hybridized carbons (Fsp3) is 0.412. The number of carbonyl (C=O) groups excluding carboxylic acids is 4. The maximum atomic E-state index is 14.8. The smallest absolute Gasteiger partial charge is 0.306 e. The normalized spacial score (nSPS) is 40.9. The third-order valence-electron chi connectivity index (χ3n) is 10.8. The first kappa shape index (κ1) is 24.4. The van der Waals surface area contributed by atoms with Crippen molar-refractivity contribution in [3.05, 3.63) is 95.0 Å². The van der Waals surface area contributed by atoms with Crippen LogP contribution in [0.5, 0.6) is 0 Å². The molecule has 10 atom stereocenters. The van der Waals surface area contributed by atoms with Crippen LogP contribution in [0, 0.1) is 35.0 Å². The largest absolute Gasteiger partial charge is 0.489 e. The molecule has 4 aliphatic carbocycles. The van der Waals surface area contributed by atoms with Crippen molar-refractivity contribution < 1.29 is 38.1 Å². The fourth-order valence-electron chi connectivity index (χ4n) is 9.35. The molecule has 0 N–H and O–H groups in total.